The molecule has 0 bridgehead atoms. The molecule has 2 nitrogen and oxygen atoms in total. The molecule has 0 saturated heterocycles. The van der Waals surface area contributed by atoms with Gasteiger partial charge in [-0.15, -0.1) is 12.4 Å². The van der Waals surface area contributed by atoms with E-state index >= 15 is 0 Å². The Morgan fingerprint density at radius 2 is 1.55 bits per heavy atom. The average molecular weight is 355 g/mol. The SMILES string of the molecule is Cl.NCCC[C@@H](N)c1c(F)cc(C(F)(F)F)cc1C(F)(F)F. The van der Waals surface area contributed by atoms with Gasteiger partial charge in [-0.3, -0.25) is 0 Å². The van der Waals surface area contributed by atoms with Gasteiger partial charge in [0.2, 0.25) is 0 Å². The lowest BCUT2D eigenvalue weighted by atomic mass is 9.94. The Morgan fingerprint density at radius 3 is 1.95 bits per heavy atom. The number of halogens is 8. The van der Waals surface area contributed by atoms with Crippen LogP contribution in [0.15, 0.2) is 12.1 Å². The van der Waals surface area contributed by atoms with E-state index in [0.717, 1.165) is 0 Å². The van der Waals surface area contributed by atoms with Gasteiger partial charge < -0.3 is 11.5 Å². The summed E-state index contributed by atoms with van der Waals surface area (Å²) in [6.45, 7) is 0.122. The Bertz CT molecular complexity index is 499. The molecule has 0 aliphatic carbocycles. The summed E-state index contributed by atoms with van der Waals surface area (Å²) in [7, 11) is 0. The largest absolute Gasteiger partial charge is 0.416 e. The van der Waals surface area contributed by atoms with Crippen LogP contribution >= 0.6 is 12.4 Å². The second kappa shape index (κ2) is 7.47. The highest BCUT2D eigenvalue weighted by Gasteiger charge is 2.40. The number of nitrogens with two attached hydrogens (primary N) is 2. The van der Waals surface area contributed by atoms with Gasteiger partial charge in [-0.25, -0.2) is 4.39 Å². The molecule has 0 amide bonds. The highest BCUT2D eigenvalue weighted by molar-refractivity contribution is 5.85. The zero-order valence-electron chi connectivity index (χ0n) is 11.1. The number of hydrogen-bond acceptors (Lipinski definition) is 2. The van der Waals surface area contributed by atoms with E-state index < -0.39 is 40.9 Å². The van der Waals surface area contributed by atoms with Crippen LogP contribution in [0.1, 0.15) is 35.6 Å². The van der Waals surface area contributed by atoms with Crippen LogP contribution in [0.2, 0.25) is 0 Å². The Morgan fingerprint density at radius 1 is 1.00 bits per heavy atom. The van der Waals surface area contributed by atoms with Crippen molar-refractivity contribution in [3.05, 3.63) is 34.6 Å². The summed E-state index contributed by atoms with van der Waals surface area (Å²) in [4.78, 5) is 0. The maximum Gasteiger partial charge on any atom is 0.416 e. The molecule has 10 heteroatoms. The zero-order valence-corrected chi connectivity index (χ0v) is 11.9. The van der Waals surface area contributed by atoms with Crippen LogP contribution < -0.4 is 11.5 Å². The Hall–Kier alpha value is -1.06. The number of benzene rings is 1. The third-order valence-electron chi connectivity index (χ3n) is 2.85. The summed E-state index contributed by atoms with van der Waals surface area (Å²) in [5.74, 6) is -1.62. The number of hydrogen-bond donors (Lipinski definition) is 2. The number of rotatable bonds is 4. The van der Waals surface area contributed by atoms with E-state index in [1.54, 1.807) is 0 Å². The van der Waals surface area contributed by atoms with Gasteiger partial charge in [0.25, 0.3) is 0 Å². The van der Waals surface area contributed by atoms with Gasteiger partial charge in [-0.1, -0.05) is 0 Å². The van der Waals surface area contributed by atoms with Gasteiger partial charge in [0, 0.05) is 11.6 Å². The molecule has 1 atom stereocenters. The van der Waals surface area contributed by atoms with Gasteiger partial charge >= 0.3 is 12.4 Å². The fourth-order valence-corrected chi connectivity index (χ4v) is 1.87. The lowest BCUT2D eigenvalue weighted by Crippen LogP contribution is -2.22. The summed E-state index contributed by atoms with van der Waals surface area (Å²) in [6, 6.07) is -1.49. The van der Waals surface area contributed by atoms with E-state index in [0.29, 0.717) is 0 Å². The monoisotopic (exact) mass is 354 g/mol. The summed E-state index contributed by atoms with van der Waals surface area (Å²) in [6.07, 6.45) is -10.1. The molecule has 0 unspecified atom stereocenters. The molecule has 0 aliphatic heterocycles. The van der Waals surface area contributed by atoms with Crippen LogP contribution in [0, 0.1) is 5.82 Å². The van der Waals surface area contributed by atoms with E-state index in [2.05, 4.69) is 0 Å². The second-order valence-corrected chi connectivity index (χ2v) is 4.45. The van der Waals surface area contributed by atoms with Crippen molar-refractivity contribution in [3.63, 3.8) is 0 Å². The van der Waals surface area contributed by atoms with Crippen molar-refractivity contribution in [1.82, 2.24) is 0 Å². The Balaban J connectivity index is 0.00000441. The minimum absolute atomic E-state index is 0. The summed E-state index contributed by atoms with van der Waals surface area (Å²) >= 11 is 0. The first kappa shape index (κ1) is 20.9. The van der Waals surface area contributed by atoms with Crippen molar-refractivity contribution < 1.29 is 30.7 Å². The van der Waals surface area contributed by atoms with E-state index in [4.69, 9.17) is 11.5 Å². The average Bonchev–Trinajstić information content (AvgIpc) is 2.32. The van der Waals surface area contributed by atoms with E-state index in [1.807, 2.05) is 0 Å². The van der Waals surface area contributed by atoms with Crippen molar-refractivity contribution in [2.45, 2.75) is 31.2 Å². The van der Waals surface area contributed by atoms with Crippen molar-refractivity contribution in [3.8, 4) is 0 Å². The first-order valence-electron chi connectivity index (χ1n) is 5.92. The smallest absolute Gasteiger partial charge is 0.330 e. The van der Waals surface area contributed by atoms with Crippen molar-refractivity contribution in [1.29, 1.82) is 0 Å². The van der Waals surface area contributed by atoms with Crippen LogP contribution in [0.25, 0.3) is 0 Å². The minimum atomic E-state index is -5.14. The summed E-state index contributed by atoms with van der Waals surface area (Å²) in [5, 5.41) is 0. The van der Waals surface area contributed by atoms with Gasteiger partial charge in [0.05, 0.1) is 11.1 Å². The molecule has 0 radical (unpaired) electrons. The Kier molecular flexibility index (Phi) is 7.11. The van der Waals surface area contributed by atoms with E-state index in [1.165, 1.54) is 0 Å². The molecular weight excluding hydrogens is 341 g/mol. The fourth-order valence-electron chi connectivity index (χ4n) is 1.87. The first-order valence-corrected chi connectivity index (χ1v) is 5.92. The maximum atomic E-state index is 13.7. The first-order chi connectivity index (χ1) is 9.48. The van der Waals surface area contributed by atoms with E-state index in [-0.39, 0.29) is 43.9 Å². The molecule has 0 heterocycles. The fraction of sp³-hybridized carbons (Fsp3) is 0.500. The highest BCUT2D eigenvalue weighted by atomic mass is 35.5. The normalized spacial score (nSPS) is 13.7. The van der Waals surface area contributed by atoms with Crippen molar-refractivity contribution >= 4 is 12.4 Å². The van der Waals surface area contributed by atoms with E-state index in [9.17, 15) is 30.7 Å². The molecule has 4 N–H and O–H groups in total. The molecule has 1 aromatic rings. The van der Waals surface area contributed by atoms with Gasteiger partial charge in [-0.2, -0.15) is 26.3 Å². The maximum absolute atomic E-state index is 13.7. The lowest BCUT2D eigenvalue weighted by molar-refractivity contribution is -0.144. The Labute approximate surface area is 128 Å². The quantitative estimate of drug-likeness (QED) is 0.802. The van der Waals surface area contributed by atoms with Gasteiger partial charge in [0.1, 0.15) is 5.82 Å². The van der Waals surface area contributed by atoms with Crippen LogP contribution in [0.4, 0.5) is 30.7 Å². The topological polar surface area (TPSA) is 52.0 Å². The summed E-state index contributed by atoms with van der Waals surface area (Å²) in [5.41, 5.74) is 6.26. The molecular formula is C12H14ClF7N2. The molecule has 0 spiro atoms. The second-order valence-electron chi connectivity index (χ2n) is 4.45. The molecule has 128 valence electrons. The summed E-state index contributed by atoms with van der Waals surface area (Å²) < 4.78 is 89.8. The predicted octanol–water partition coefficient (Wildman–Crippen LogP) is 4.02. The van der Waals surface area contributed by atoms with Gasteiger partial charge in [0.15, 0.2) is 0 Å². The molecule has 1 rings (SSSR count). The highest BCUT2D eigenvalue weighted by Crippen LogP contribution is 2.40. The molecule has 0 aromatic heterocycles. The molecule has 1 aromatic carbocycles. The van der Waals surface area contributed by atoms with Crippen molar-refractivity contribution in [2.75, 3.05) is 6.54 Å². The molecule has 0 fully saturated rings. The molecule has 0 aliphatic rings. The third-order valence-corrected chi connectivity index (χ3v) is 2.85. The molecule has 0 saturated carbocycles. The van der Waals surface area contributed by atoms with Crippen molar-refractivity contribution in [2.24, 2.45) is 11.5 Å². The van der Waals surface area contributed by atoms with Gasteiger partial charge in [-0.05, 0) is 31.5 Å². The third kappa shape index (κ3) is 4.99. The van der Waals surface area contributed by atoms with Crippen LogP contribution in [0.3, 0.4) is 0 Å². The lowest BCUT2D eigenvalue weighted by Gasteiger charge is -2.21. The number of alkyl halides is 6. The minimum Gasteiger partial charge on any atom is -0.330 e. The van der Waals surface area contributed by atoms with Crippen LogP contribution in [-0.2, 0) is 12.4 Å². The van der Waals surface area contributed by atoms with Crippen LogP contribution in [-0.4, -0.2) is 6.54 Å². The van der Waals surface area contributed by atoms with Crippen LogP contribution in [0.5, 0.6) is 0 Å². The standard InChI is InChI=1S/C12H13F7N2.ClH/c13-8-5-6(11(14,15)16)4-7(12(17,18)19)10(8)9(21)2-1-3-20;/h4-5,9H,1-3,20-21H2;1H/t9-;/m1./s1. The predicted molar refractivity (Wildman–Crippen MR) is 68.9 cm³/mol. The molecule has 22 heavy (non-hydrogen) atoms. The zero-order chi connectivity index (χ0) is 16.4.